The summed E-state index contributed by atoms with van der Waals surface area (Å²) in [6, 6.07) is 0.0248. The molecule has 0 bridgehead atoms. The predicted molar refractivity (Wildman–Crippen MR) is 72.7 cm³/mol. The number of rotatable bonds is 3. The van der Waals surface area contributed by atoms with E-state index in [0.29, 0.717) is 0 Å². The summed E-state index contributed by atoms with van der Waals surface area (Å²) in [5.74, 6) is 0.264. The van der Waals surface area contributed by atoms with E-state index in [4.69, 9.17) is 0 Å². The van der Waals surface area contributed by atoms with E-state index in [-0.39, 0.29) is 30.3 Å². The van der Waals surface area contributed by atoms with E-state index >= 15 is 0 Å². The number of halogens is 1. The number of nitrogens with one attached hydrogen (secondary N) is 2. The summed E-state index contributed by atoms with van der Waals surface area (Å²) in [6.45, 7) is 5.76. The topological polar surface area (TPSA) is 59.0 Å². The average Bonchev–Trinajstić information content (AvgIpc) is 2.90. The second kappa shape index (κ2) is 6.20. The molecule has 1 fully saturated rings. The van der Waals surface area contributed by atoms with Crippen molar-refractivity contribution in [2.24, 2.45) is 13.0 Å². The highest BCUT2D eigenvalue weighted by molar-refractivity contribution is 5.85. The van der Waals surface area contributed by atoms with Gasteiger partial charge in [-0.1, -0.05) is 0 Å². The molecular formula is C12H21ClN4O. The van der Waals surface area contributed by atoms with Crippen molar-refractivity contribution in [1.29, 1.82) is 0 Å². The first-order chi connectivity index (χ1) is 8.09. The molecule has 1 aliphatic heterocycles. The number of nitrogens with zero attached hydrogens (tertiary/aromatic N) is 2. The lowest BCUT2D eigenvalue weighted by atomic mass is 10.1. The monoisotopic (exact) mass is 272 g/mol. The smallest absolute Gasteiger partial charge is 0.224 e. The van der Waals surface area contributed by atoms with Crippen LogP contribution in [0.3, 0.4) is 0 Å². The van der Waals surface area contributed by atoms with E-state index in [2.05, 4.69) is 15.7 Å². The summed E-state index contributed by atoms with van der Waals surface area (Å²) < 4.78 is 1.83. The van der Waals surface area contributed by atoms with Crippen molar-refractivity contribution in [2.45, 2.75) is 26.3 Å². The molecule has 2 atom stereocenters. The standard InChI is InChI=1S/C12H20N4O.ClH/c1-8(11-7-14-16(3)9(11)2)15-12(17)10-4-5-13-6-10;/h7-8,10,13H,4-6H2,1-3H3,(H,15,17);1H. The number of carbonyl (C=O) groups is 1. The van der Waals surface area contributed by atoms with Gasteiger partial charge in [-0.15, -0.1) is 12.4 Å². The average molecular weight is 273 g/mol. The van der Waals surface area contributed by atoms with Crippen LogP contribution in [0.4, 0.5) is 0 Å². The molecule has 0 saturated carbocycles. The molecule has 2 N–H and O–H groups in total. The summed E-state index contributed by atoms with van der Waals surface area (Å²) in [5, 5.41) is 10.5. The zero-order valence-corrected chi connectivity index (χ0v) is 11.9. The molecule has 1 saturated heterocycles. The fourth-order valence-electron chi connectivity index (χ4n) is 2.23. The number of hydrogen-bond acceptors (Lipinski definition) is 3. The van der Waals surface area contributed by atoms with Gasteiger partial charge >= 0.3 is 0 Å². The van der Waals surface area contributed by atoms with Gasteiger partial charge in [-0.3, -0.25) is 9.48 Å². The number of aromatic nitrogens is 2. The van der Waals surface area contributed by atoms with Crippen LogP contribution in [-0.4, -0.2) is 28.8 Å². The molecule has 0 radical (unpaired) electrons. The van der Waals surface area contributed by atoms with Gasteiger partial charge in [-0.05, 0) is 26.8 Å². The minimum atomic E-state index is 0. The van der Waals surface area contributed by atoms with Crippen molar-refractivity contribution in [3.05, 3.63) is 17.5 Å². The van der Waals surface area contributed by atoms with Crippen molar-refractivity contribution in [2.75, 3.05) is 13.1 Å². The highest BCUT2D eigenvalue weighted by Gasteiger charge is 2.24. The number of aryl methyl sites for hydroxylation is 1. The molecule has 102 valence electrons. The summed E-state index contributed by atoms with van der Waals surface area (Å²) in [5.41, 5.74) is 2.19. The van der Waals surface area contributed by atoms with Crippen LogP contribution >= 0.6 is 12.4 Å². The third kappa shape index (κ3) is 3.03. The van der Waals surface area contributed by atoms with Crippen LogP contribution in [0.1, 0.15) is 30.6 Å². The molecule has 1 amide bonds. The van der Waals surface area contributed by atoms with E-state index in [9.17, 15) is 4.79 Å². The maximum Gasteiger partial charge on any atom is 0.224 e. The van der Waals surface area contributed by atoms with Crippen LogP contribution < -0.4 is 10.6 Å². The van der Waals surface area contributed by atoms with Crippen LogP contribution in [0.25, 0.3) is 0 Å². The first-order valence-electron chi connectivity index (χ1n) is 6.09. The Bertz CT molecular complexity index is 412. The van der Waals surface area contributed by atoms with E-state index in [1.807, 2.05) is 31.8 Å². The molecule has 2 unspecified atom stereocenters. The van der Waals surface area contributed by atoms with Crippen LogP contribution in [0, 0.1) is 12.8 Å². The van der Waals surface area contributed by atoms with Gasteiger partial charge in [0.25, 0.3) is 0 Å². The Hall–Kier alpha value is -1.07. The highest BCUT2D eigenvalue weighted by atomic mass is 35.5. The lowest BCUT2D eigenvalue weighted by molar-refractivity contribution is -0.125. The fraction of sp³-hybridized carbons (Fsp3) is 0.667. The molecule has 0 aromatic carbocycles. The number of hydrogen-bond donors (Lipinski definition) is 2. The van der Waals surface area contributed by atoms with Crippen LogP contribution in [0.2, 0.25) is 0 Å². The van der Waals surface area contributed by atoms with E-state index < -0.39 is 0 Å². The molecule has 1 aliphatic rings. The lowest BCUT2D eigenvalue weighted by Crippen LogP contribution is -2.34. The largest absolute Gasteiger partial charge is 0.349 e. The minimum Gasteiger partial charge on any atom is -0.349 e. The van der Waals surface area contributed by atoms with Gasteiger partial charge < -0.3 is 10.6 Å². The molecule has 1 aromatic heterocycles. The molecule has 0 spiro atoms. The Morgan fingerprint density at radius 1 is 1.67 bits per heavy atom. The molecule has 18 heavy (non-hydrogen) atoms. The summed E-state index contributed by atoms with van der Waals surface area (Å²) in [4.78, 5) is 12.0. The lowest BCUT2D eigenvalue weighted by Gasteiger charge is -2.16. The van der Waals surface area contributed by atoms with Gasteiger partial charge in [-0.2, -0.15) is 5.10 Å². The van der Waals surface area contributed by atoms with Gasteiger partial charge in [-0.25, -0.2) is 0 Å². The normalized spacial score (nSPS) is 20.3. The van der Waals surface area contributed by atoms with Gasteiger partial charge in [0, 0.05) is 24.8 Å². The van der Waals surface area contributed by atoms with Crippen molar-refractivity contribution in [1.82, 2.24) is 20.4 Å². The Balaban J connectivity index is 0.00000162. The summed E-state index contributed by atoms with van der Waals surface area (Å²) in [6.07, 6.45) is 2.76. The Kier molecular flexibility index (Phi) is 5.16. The first kappa shape index (κ1) is 15.0. The number of amides is 1. The fourth-order valence-corrected chi connectivity index (χ4v) is 2.23. The first-order valence-corrected chi connectivity index (χ1v) is 6.09. The van der Waals surface area contributed by atoms with E-state index in [0.717, 1.165) is 30.8 Å². The molecule has 6 heteroatoms. The Labute approximate surface area is 114 Å². The van der Waals surface area contributed by atoms with Crippen molar-refractivity contribution in [3.63, 3.8) is 0 Å². The summed E-state index contributed by atoms with van der Waals surface area (Å²) in [7, 11) is 1.91. The molecule has 2 heterocycles. The zero-order chi connectivity index (χ0) is 12.4. The SMILES string of the molecule is Cc1c(C(C)NC(=O)C2CCNC2)cnn1C.Cl. The third-order valence-electron chi connectivity index (χ3n) is 3.53. The van der Waals surface area contributed by atoms with Gasteiger partial charge in [0.2, 0.25) is 5.91 Å². The Morgan fingerprint density at radius 2 is 2.39 bits per heavy atom. The van der Waals surface area contributed by atoms with Crippen molar-refractivity contribution < 1.29 is 4.79 Å². The molecule has 1 aromatic rings. The Morgan fingerprint density at radius 3 is 2.89 bits per heavy atom. The minimum absolute atomic E-state index is 0. The maximum atomic E-state index is 12.0. The molecule has 2 rings (SSSR count). The second-order valence-corrected chi connectivity index (χ2v) is 4.73. The second-order valence-electron chi connectivity index (χ2n) is 4.73. The van der Waals surface area contributed by atoms with E-state index in [1.54, 1.807) is 0 Å². The van der Waals surface area contributed by atoms with Crippen molar-refractivity contribution >= 4 is 18.3 Å². The molecular weight excluding hydrogens is 252 g/mol. The van der Waals surface area contributed by atoms with Crippen molar-refractivity contribution in [3.8, 4) is 0 Å². The van der Waals surface area contributed by atoms with Gasteiger partial charge in [0.1, 0.15) is 0 Å². The quantitative estimate of drug-likeness (QED) is 0.861. The van der Waals surface area contributed by atoms with Gasteiger partial charge in [0.05, 0.1) is 18.2 Å². The highest BCUT2D eigenvalue weighted by Crippen LogP contribution is 2.17. The van der Waals surface area contributed by atoms with Crippen LogP contribution in [0.5, 0.6) is 0 Å². The number of carbonyl (C=O) groups excluding carboxylic acids is 1. The summed E-state index contributed by atoms with van der Waals surface area (Å²) >= 11 is 0. The third-order valence-corrected chi connectivity index (χ3v) is 3.53. The zero-order valence-electron chi connectivity index (χ0n) is 11.1. The molecule has 0 aliphatic carbocycles. The predicted octanol–water partition coefficient (Wildman–Crippen LogP) is 0.937. The van der Waals surface area contributed by atoms with Gasteiger partial charge in [0.15, 0.2) is 0 Å². The van der Waals surface area contributed by atoms with E-state index in [1.165, 1.54) is 0 Å². The van der Waals surface area contributed by atoms with Crippen LogP contribution in [0.15, 0.2) is 6.20 Å². The molecule has 5 nitrogen and oxygen atoms in total. The maximum absolute atomic E-state index is 12.0. The van der Waals surface area contributed by atoms with Crippen LogP contribution in [-0.2, 0) is 11.8 Å².